The van der Waals surface area contributed by atoms with Gasteiger partial charge >= 0.3 is 11.9 Å². The van der Waals surface area contributed by atoms with Crippen LogP contribution in [-0.4, -0.2) is 36.7 Å². The average molecular weight is 340 g/mol. The summed E-state index contributed by atoms with van der Waals surface area (Å²) in [5.41, 5.74) is 0.486. The average Bonchev–Trinajstić information content (AvgIpc) is 2.67. The summed E-state index contributed by atoms with van der Waals surface area (Å²) in [6, 6.07) is 16.1. The lowest BCUT2D eigenvalue weighted by Gasteiger charge is -2.05. The van der Waals surface area contributed by atoms with Crippen LogP contribution in [-0.2, 0) is 19.1 Å². The first-order chi connectivity index (χ1) is 12.1. The van der Waals surface area contributed by atoms with E-state index in [2.05, 4.69) is 0 Å². The van der Waals surface area contributed by atoms with Crippen molar-refractivity contribution in [2.45, 2.75) is 6.42 Å². The zero-order chi connectivity index (χ0) is 18.1. The highest BCUT2D eigenvalue weighted by Crippen LogP contribution is 2.03. The number of rotatable bonds is 8. The number of esters is 2. The summed E-state index contributed by atoms with van der Waals surface area (Å²) in [6.45, 7) is -0.186. The van der Waals surface area contributed by atoms with Gasteiger partial charge in [-0.2, -0.15) is 0 Å². The smallest absolute Gasteiger partial charge is 0.379 e. The molecule has 0 atom stereocenters. The van der Waals surface area contributed by atoms with Gasteiger partial charge in [-0.05, 0) is 0 Å². The minimum Gasteiger partial charge on any atom is -0.460 e. The Morgan fingerprint density at radius 3 is 1.32 bits per heavy atom. The molecule has 6 nitrogen and oxygen atoms in total. The zero-order valence-corrected chi connectivity index (χ0v) is 13.3. The highest BCUT2D eigenvalue weighted by atomic mass is 16.5. The van der Waals surface area contributed by atoms with Gasteiger partial charge in [0.2, 0.25) is 0 Å². The Morgan fingerprint density at radius 1 is 0.600 bits per heavy atom. The fraction of sp³-hybridized carbons (Fsp3) is 0.158. The summed E-state index contributed by atoms with van der Waals surface area (Å²) >= 11 is 0. The van der Waals surface area contributed by atoms with Crippen LogP contribution in [0.15, 0.2) is 60.7 Å². The molecule has 0 saturated heterocycles. The molecule has 0 aliphatic heterocycles. The standard InChI is InChI=1S/C19H16O6/c20-16(14-8-3-1-4-9-14)18(22)24-12-7-13-25-19(23)17(21)15-10-5-2-6-11-15/h1-6,8-11H,7,12-13H2. The lowest BCUT2D eigenvalue weighted by Crippen LogP contribution is -2.21. The summed E-state index contributed by atoms with van der Waals surface area (Å²) < 4.78 is 9.64. The lowest BCUT2D eigenvalue weighted by molar-refractivity contribution is -0.140. The molecule has 128 valence electrons. The summed E-state index contributed by atoms with van der Waals surface area (Å²) in [6.07, 6.45) is 0.182. The van der Waals surface area contributed by atoms with Crippen LogP contribution < -0.4 is 0 Å². The number of carbonyl (C=O) groups is 4. The monoisotopic (exact) mass is 340 g/mol. The molecule has 0 radical (unpaired) electrons. The largest absolute Gasteiger partial charge is 0.460 e. The molecule has 25 heavy (non-hydrogen) atoms. The molecule has 0 saturated carbocycles. The fourth-order valence-corrected chi connectivity index (χ4v) is 1.93. The van der Waals surface area contributed by atoms with Gasteiger partial charge < -0.3 is 9.47 Å². The minimum absolute atomic E-state index is 0.0930. The summed E-state index contributed by atoms with van der Waals surface area (Å²) in [4.78, 5) is 46.7. The molecule has 2 aromatic rings. The van der Waals surface area contributed by atoms with E-state index >= 15 is 0 Å². The third kappa shape index (κ3) is 5.39. The van der Waals surface area contributed by atoms with E-state index in [4.69, 9.17) is 9.47 Å². The van der Waals surface area contributed by atoms with Gasteiger partial charge in [0.05, 0.1) is 13.2 Å². The quantitative estimate of drug-likeness (QED) is 0.317. The van der Waals surface area contributed by atoms with Crippen LogP contribution >= 0.6 is 0 Å². The first-order valence-corrected chi connectivity index (χ1v) is 7.62. The van der Waals surface area contributed by atoms with Gasteiger partial charge in [-0.25, -0.2) is 9.59 Å². The minimum atomic E-state index is -0.974. The number of carbonyl (C=O) groups excluding carboxylic acids is 4. The maximum Gasteiger partial charge on any atom is 0.379 e. The molecule has 0 aromatic heterocycles. The Labute approximate surface area is 144 Å². The maximum absolute atomic E-state index is 11.8. The van der Waals surface area contributed by atoms with Crippen molar-refractivity contribution in [3.05, 3.63) is 71.8 Å². The van der Waals surface area contributed by atoms with Gasteiger partial charge in [-0.3, -0.25) is 9.59 Å². The molecule has 0 aliphatic rings. The third-order valence-corrected chi connectivity index (χ3v) is 3.20. The van der Waals surface area contributed by atoms with E-state index in [1.165, 1.54) is 24.3 Å². The molecular weight excluding hydrogens is 324 g/mol. The Balaban J connectivity index is 1.68. The van der Waals surface area contributed by atoms with Gasteiger partial charge in [0.1, 0.15) is 0 Å². The van der Waals surface area contributed by atoms with Gasteiger partial charge in [0.25, 0.3) is 11.6 Å². The molecule has 0 aliphatic carbocycles. The second kappa shape index (κ2) is 9.12. The predicted molar refractivity (Wildman–Crippen MR) is 88.1 cm³/mol. The molecular formula is C19H16O6. The zero-order valence-electron chi connectivity index (χ0n) is 13.3. The molecule has 0 unspecified atom stereocenters. The van der Waals surface area contributed by atoms with Gasteiger partial charge in [0, 0.05) is 17.5 Å². The Bertz CT molecular complexity index is 686. The van der Waals surface area contributed by atoms with E-state index < -0.39 is 23.5 Å². The SMILES string of the molecule is O=C(OCCCOC(=O)C(=O)c1ccccc1)C(=O)c1ccccc1. The van der Waals surface area contributed by atoms with Crippen LogP contribution in [0.1, 0.15) is 27.1 Å². The van der Waals surface area contributed by atoms with E-state index in [1.54, 1.807) is 36.4 Å². The van der Waals surface area contributed by atoms with E-state index in [1.807, 2.05) is 0 Å². The summed E-state index contributed by atoms with van der Waals surface area (Å²) in [7, 11) is 0. The molecule has 0 amide bonds. The van der Waals surface area contributed by atoms with Crippen molar-refractivity contribution in [3.63, 3.8) is 0 Å². The van der Waals surface area contributed by atoms with E-state index in [9.17, 15) is 19.2 Å². The number of hydrogen-bond acceptors (Lipinski definition) is 6. The predicted octanol–water partition coefficient (Wildman–Crippen LogP) is 2.23. The highest BCUT2D eigenvalue weighted by molar-refractivity contribution is 6.41. The van der Waals surface area contributed by atoms with Crippen molar-refractivity contribution in [1.82, 2.24) is 0 Å². The Hall–Kier alpha value is -3.28. The summed E-state index contributed by atoms with van der Waals surface area (Å²) in [5.74, 6) is -3.43. The number of ether oxygens (including phenoxy) is 2. The van der Waals surface area contributed by atoms with Gasteiger partial charge in [-0.1, -0.05) is 60.7 Å². The highest BCUT2D eigenvalue weighted by Gasteiger charge is 2.19. The molecule has 2 rings (SSSR count). The van der Waals surface area contributed by atoms with Crippen LogP contribution in [0.5, 0.6) is 0 Å². The van der Waals surface area contributed by atoms with Crippen LogP contribution in [0.4, 0.5) is 0 Å². The molecule has 2 aromatic carbocycles. The summed E-state index contributed by atoms with van der Waals surface area (Å²) in [5, 5.41) is 0. The van der Waals surface area contributed by atoms with Crippen molar-refractivity contribution in [3.8, 4) is 0 Å². The molecule has 0 heterocycles. The topological polar surface area (TPSA) is 86.7 Å². The second-order valence-electron chi connectivity index (χ2n) is 5.02. The van der Waals surface area contributed by atoms with Crippen LogP contribution in [0.25, 0.3) is 0 Å². The number of benzene rings is 2. The molecule has 6 heteroatoms. The van der Waals surface area contributed by atoms with Crippen molar-refractivity contribution >= 4 is 23.5 Å². The van der Waals surface area contributed by atoms with Gasteiger partial charge in [-0.15, -0.1) is 0 Å². The maximum atomic E-state index is 11.8. The van der Waals surface area contributed by atoms with Gasteiger partial charge in [0.15, 0.2) is 0 Å². The number of Topliss-reactive ketones (excluding diaryl/α,β-unsaturated/α-hetero) is 2. The molecule has 0 bridgehead atoms. The van der Waals surface area contributed by atoms with E-state index in [-0.39, 0.29) is 30.8 Å². The Kier molecular flexibility index (Phi) is 6.59. The van der Waals surface area contributed by atoms with Crippen LogP contribution in [0.2, 0.25) is 0 Å². The first kappa shape index (κ1) is 18.1. The number of ketones is 2. The molecule has 0 spiro atoms. The number of hydrogen-bond donors (Lipinski definition) is 0. The molecule has 0 N–H and O–H groups in total. The van der Waals surface area contributed by atoms with Crippen molar-refractivity contribution in [2.75, 3.05) is 13.2 Å². The van der Waals surface area contributed by atoms with E-state index in [0.717, 1.165) is 0 Å². The lowest BCUT2D eigenvalue weighted by atomic mass is 10.1. The van der Waals surface area contributed by atoms with Crippen molar-refractivity contribution in [1.29, 1.82) is 0 Å². The fourth-order valence-electron chi connectivity index (χ4n) is 1.93. The second-order valence-corrected chi connectivity index (χ2v) is 5.02. The van der Waals surface area contributed by atoms with Crippen LogP contribution in [0.3, 0.4) is 0 Å². The van der Waals surface area contributed by atoms with Crippen molar-refractivity contribution in [2.24, 2.45) is 0 Å². The third-order valence-electron chi connectivity index (χ3n) is 3.20. The first-order valence-electron chi connectivity index (χ1n) is 7.62. The van der Waals surface area contributed by atoms with Crippen molar-refractivity contribution < 1.29 is 28.7 Å². The van der Waals surface area contributed by atoms with E-state index in [0.29, 0.717) is 0 Å². The Morgan fingerprint density at radius 2 is 0.960 bits per heavy atom. The van der Waals surface area contributed by atoms with Crippen LogP contribution in [0, 0.1) is 0 Å². The normalized spacial score (nSPS) is 9.92. The molecule has 0 fully saturated rings.